The predicted molar refractivity (Wildman–Crippen MR) is 90.1 cm³/mol. The molecule has 0 radical (unpaired) electrons. The molecule has 24 heavy (non-hydrogen) atoms. The molecule has 2 aromatic carbocycles. The molecule has 0 heterocycles. The van der Waals surface area contributed by atoms with Crippen molar-refractivity contribution in [2.45, 2.75) is 20.0 Å². The number of carbonyl (C=O) groups is 3. The van der Waals surface area contributed by atoms with Gasteiger partial charge in [0, 0.05) is 16.8 Å². The number of hydrogen-bond donors (Lipinski definition) is 2. The molecule has 0 aliphatic carbocycles. The minimum atomic E-state index is -0.739. The molecule has 0 aliphatic heterocycles. The van der Waals surface area contributed by atoms with Gasteiger partial charge < -0.3 is 15.8 Å². The van der Waals surface area contributed by atoms with Gasteiger partial charge >= 0.3 is 0 Å². The maximum absolute atomic E-state index is 12.1. The summed E-state index contributed by atoms with van der Waals surface area (Å²) in [5, 5.41) is 2.71. The Kier molecular flexibility index (Phi) is 5.31. The van der Waals surface area contributed by atoms with Crippen LogP contribution in [-0.2, 0) is 4.79 Å². The zero-order chi connectivity index (χ0) is 17.7. The number of nitrogens with two attached hydrogens (primary N) is 1. The van der Waals surface area contributed by atoms with E-state index in [0.29, 0.717) is 22.6 Å². The number of primary amides is 1. The first kappa shape index (κ1) is 17.2. The molecule has 0 aromatic heterocycles. The molecule has 0 aliphatic rings. The topological polar surface area (TPSA) is 98.5 Å². The van der Waals surface area contributed by atoms with Crippen LogP contribution in [0, 0.1) is 0 Å². The van der Waals surface area contributed by atoms with Gasteiger partial charge in [0.05, 0.1) is 0 Å². The highest BCUT2D eigenvalue weighted by Crippen LogP contribution is 2.15. The van der Waals surface area contributed by atoms with Crippen LogP contribution in [0.15, 0.2) is 48.5 Å². The SMILES string of the molecule is CC(=O)c1ccc(NC(=O)[C@@H](C)Oc2ccc(C(N)=O)cc2)cc1. The number of anilines is 1. The van der Waals surface area contributed by atoms with E-state index in [9.17, 15) is 14.4 Å². The molecule has 0 saturated carbocycles. The Morgan fingerprint density at radius 3 is 2.00 bits per heavy atom. The zero-order valence-electron chi connectivity index (χ0n) is 13.4. The molecule has 6 heteroatoms. The summed E-state index contributed by atoms with van der Waals surface area (Å²) >= 11 is 0. The average molecular weight is 326 g/mol. The van der Waals surface area contributed by atoms with Crippen molar-refractivity contribution in [2.75, 3.05) is 5.32 Å². The second kappa shape index (κ2) is 7.41. The van der Waals surface area contributed by atoms with Crippen molar-refractivity contribution in [1.29, 1.82) is 0 Å². The van der Waals surface area contributed by atoms with E-state index < -0.39 is 12.0 Å². The Hall–Kier alpha value is -3.15. The molecule has 0 unspecified atom stereocenters. The lowest BCUT2D eigenvalue weighted by Crippen LogP contribution is -2.30. The molecular weight excluding hydrogens is 308 g/mol. The Labute approximate surface area is 139 Å². The monoisotopic (exact) mass is 326 g/mol. The number of carbonyl (C=O) groups excluding carboxylic acids is 3. The standard InChI is InChI=1S/C18H18N2O4/c1-11(21)13-3-7-15(8-4-13)20-18(23)12(2)24-16-9-5-14(6-10-16)17(19)22/h3-10,12H,1-2H3,(H2,19,22)(H,20,23)/t12-/m1/s1. The quantitative estimate of drug-likeness (QED) is 0.796. The van der Waals surface area contributed by atoms with Crippen LogP contribution in [0.4, 0.5) is 5.69 Å². The number of ketones is 1. The van der Waals surface area contributed by atoms with E-state index in [4.69, 9.17) is 10.5 Å². The fourth-order valence-electron chi connectivity index (χ4n) is 1.99. The van der Waals surface area contributed by atoms with E-state index in [1.807, 2.05) is 0 Å². The highest BCUT2D eigenvalue weighted by Gasteiger charge is 2.15. The molecule has 2 aromatic rings. The Morgan fingerprint density at radius 1 is 0.958 bits per heavy atom. The molecule has 124 valence electrons. The number of ether oxygens (including phenoxy) is 1. The van der Waals surface area contributed by atoms with Gasteiger partial charge in [0.15, 0.2) is 11.9 Å². The first-order valence-corrected chi connectivity index (χ1v) is 7.35. The van der Waals surface area contributed by atoms with Crippen LogP contribution in [0.2, 0.25) is 0 Å². The smallest absolute Gasteiger partial charge is 0.265 e. The van der Waals surface area contributed by atoms with E-state index >= 15 is 0 Å². The number of nitrogens with one attached hydrogen (secondary N) is 1. The number of hydrogen-bond acceptors (Lipinski definition) is 4. The normalized spacial score (nSPS) is 11.4. The van der Waals surface area contributed by atoms with Crippen molar-refractivity contribution in [3.63, 3.8) is 0 Å². The zero-order valence-corrected chi connectivity index (χ0v) is 13.4. The molecule has 0 bridgehead atoms. The minimum absolute atomic E-state index is 0.0380. The van der Waals surface area contributed by atoms with Gasteiger partial charge in [-0.3, -0.25) is 14.4 Å². The van der Waals surface area contributed by atoms with Gasteiger partial charge in [-0.1, -0.05) is 0 Å². The Balaban J connectivity index is 1.96. The third-order valence-electron chi connectivity index (χ3n) is 3.38. The summed E-state index contributed by atoms with van der Waals surface area (Å²) in [5.74, 6) is -0.440. The van der Waals surface area contributed by atoms with Crippen LogP contribution in [0.1, 0.15) is 34.6 Å². The summed E-state index contributed by atoms with van der Waals surface area (Å²) in [6.45, 7) is 3.09. The Morgan fingerprint density at radius 2 is 1.50 bits per heavy atom. The summed E-state index contributed by atoms with van der Waals surface area (Å²) in [6.07, 6.45) is -0.739. The van der Waals surface area contributed by atoms with Gasteiger partial charge in [0.25, 0.3) is 5.91 Å². The maximum atomic E-state index is 12.1. The summed E-state index contributed by atoms with van der Waals surface area (Å²) < 4.78 is 5.53. The second-order valence-electron chi connectivity index (χ2n) is 5.27. The van der Waals surface area contributed by atoms with Crippen LogP contribution in [0.25, 0.3) is 0 Å². The third-order valence-corrected chi connectivity index (χ3v) is 3.38. The highest BCUT2D eigenvalue weighted by molar-refractivity contribution is 5.96. The molecule has 2 amide bonds. The Bertz CT molecular complexity index is 752. The second-order valence-corrected chi connectivity index (χ2v) is 5.27. The number of benzene rings is 2. The molecule has 0 spiro atoms. The summed E-state index contributed by atoms with van der Waals surface area (Å²) in [6, 6.07) is 12.8. The van der Waals surface area contributed by atoms with Crippen LogP contribution in [0.3, 0.4) is 0 Å². The van der Waals surface area contributed by atoms with Crippen molar-refractivity contribution in [3.8, 4) is 5.75 Å². The predicted octanol–water partition coefficient (Wildman–Crippen LogP) is 2.39. The molecular formula is C18H18N2O4. The number of rotatable bonds is 6. The van der Waals surface area contributed by atoms with E-state index in [0.717, 1.165) is 0 Å². The van der Waals surface area contributed by atoms with Gasteiger partial charge in [-0.15, -0.1) is 0 Å². The summed E-state index contributed by atoms with van der Waals surface area (Å²) in [5.41, 5.74) is 6.68. The summed E-state index contributed by atoms with van der Waals surface area (Å²) in [7, 11) is 0. The molecule has 0 saturated heterocycles. The first-order valence-electron chi connectivity index (χ1n) is 7.35. The molecule has 2 rings (SSSR count). The van der Waals surface area contributed by atoms with Gasteiger partial charge in [0.2, 0.25) is 5.91 Å². The third kappa shape index (κ3) is 4.42. The fraction of sp³-hybridized carbons (Fsp3) is 0.167. The lowest BCUT2D eigenvalue weighted by Gasteiger charge is -2.15. The van der Waals surface area contributed by atoms with Gasteiger partial charge in [-0.25, -0.2) is 0 Å². The maximum Gasteiger partial charge on any atom is 0.265 e. The van der Waals surface area contributed by atoms with Crippen molar-refractivity contribution in [3.05, 3.63) is 59.7 Å². The van der Waals surface area contributed by atoms with Gasteiger partial charge in [0.1, 0.15) is 5.75 Å². The molecule has 1 atom stereocenters. The minimum Gasteiger partial charge on any atom is -0.481 e. The molecule has 0 fully saturated rings. The highest BCUT2D eigenvalue weighted by atomic mass is 16.5. The van der Waals surface area contributed by atoms with Crippen molar-refractivity contribution in [1.82, 2.24) is 0 Å². The van der Waals surface area contributed by atoms with Crippen LogP contribution >= 0.6 is 0 Å². The van der Waals surface area contributed by atoms with E-state index in [-0.39, 0.29) is 11.7 Å². The van der Waals surface area contributed by atoms with E-state index in [1.54, 1.807) is 43.3 Å². The molecule has 3 N–H and O–H groups in total. The van der Waals surface area contributed by atoms with E-state index in [1.165, 1.54) is 19.1 Å². The number of amides is 2. The van der Waals surface area contributed by atoms with E-state index in [2.05, 4.69) is 5.32 Å². The van der Waals surface area contributed by atoms with Gasteiger partial charge in [-0.2, -0.15) is 0 Å². The number of Topliss-reactive ketones (excluding diaryl/α,β-unsaturated/α-hetero) is 1. The van der Waals surface area contributed by atoms with Gasteiger partial charge in [-0.05, 0) is 62.4 Å². The van der Waals surface area contributed by atoms with Crippen molar-refractivity contribution in [2.24, 2.45) is 5.73 Å². The van der Waals surface area contributed by atoms with Crippen LogP contribution in [0.5, 0.6) is 5.75 Å². The average Bonchev–Trinajstić information content (AvgIpc) is 2.55. The first-order chi connectivity index (χ1) is 11.4. The van der Waals surface area contributed by atoms with Crippen molar-refractivity contribution < 1.29 is 19.1 Å². The fourth-order valence-corrected chi connectivity index (χ4v) is 1.99. The lowest BCUT2D eigenvalue weighted by atomic mass is 10.1. The van der Waals surface area contributed by atoms with Crippen molar-refractivity contribution >= 4 is 23.3 Å². The molecule has 6 nitrogen and oxygen atoms in total. The largest absolute Gasteiger partial charge is 0.481 e. The van der Waals surface area contributed by atoms with Crippen LogP contribution < -0.4 is 15.8 Å². The summed E-state index contributed by atoms with van der Waals surface area (Å²) in [4.78, 5) is 34.4. The lowest BCUT2D eigenvalue weighted by molar-refractivity contribution is -0.122. The van der Waals surface area contributed by atoms with Crippen LogP contribution in [-0.4, -0.2) is 23.7 Å².